The highest BCUT2D eigenvalue weighted by atomic mass is 79.9. The first-order chi connectivity index (χ1) is 8.61. The van der Waals surface area contributed by atoms with Gasteiger partial charge >= 0.3 is 0 Å². The molecule has 1 aromatic rings. The maximum atomic E-state index is 12.4. The fourth-order valence-corrected chi connectivity index (χ4v) is 3.66. The number of hydrogen-bond acceptors (Lipinski definition) is 2. The molecule has 0 aromatic heterocycles. The Morgan fingerprint density at radius 1 is 1.44 bits per heavy atom. The van der Waals surface area contributed by atoms with E-state index in [9.17, 15) is 4.79 Å². The molecule has 1 aliphatic rings. The number of carbonyl (C=O) groups excluding carboxylic acids is 1. The van der Waals surface area contributed by atoms with Gasteiger partial charge in [-0.2, -0.15) is 11.8 Å². The Balaban J connectivity index is 2.08. The SMILES string of the molecule is CSC1CCN(C(=O)c2ccc(Cl)cc2Br)CC1. The number of thioether (sulfide) groups is 1. The molecule has 1 fully saturated rings. The summed E-state index contributed by atoms with van der Waals surface area (Å²) >= 11 is 11.2. The van der Waals surface area contributed by atoms with Gasteiger partial charge in [0, 0.05) is 27.8 Å². The van der Waals surface area contributed by atoms with E-state index in [1.165, 1.54) is 0 Å². The van der Waals surface area contributed by atoms with Crippen LogP contribution in [0, 0.1) is 0 Å². The molecule has 0 unspecified atom stereocenters. The molecule has 2 nitrogen and oxygen atoms in total. The lowest BCUT2D eigenvalue weighted by Gasteiger charge is -2.31. The summed E-state index contributed by atoms with van der Waals surface area (Å²) in [6, 6.07) is 5.31. The number of halogens is 2. The number of amides is 1. The van der Waals surface area contributed by atoms with E-state index >= 15 is 0 Å². The van der Waals surface area contributed by atoms with Crippen LogP contribution in [0.4, 0.5) is 0 Å². The summed E-state index contributed by atoms with van der Waals surface area (Å²) in [5, 5.41) is 1.34. The van der Waals surface area contributed by atoms with Crippen LogP contribution in [0.2, 0.25) is 5.02 Å². The minimum absolute atomic E-state index is 0.0955. The average molecular weight is 349 g/mol. The van der Waals surface area contributed by atoms with Crippen molar-refractivity contribution in [2.24, 2.45) is 0 Å². The third-order valence-electron chi connectivity index (χ3n) is 3.22. The molecule has 0 N–H and O–H groups in total. The van der Waals surface area contributed by atoms with Gasteiger partial charge in [-0.15, -0.1) is 0 Å². The summed E-state index contributed by atoms with van der Waals surface area (Å²) in [5.41, 5.74) is 0.696. The molecule has 1 amide bonds. The monoisotopic (exact) mass is 347 g/mol. The fraction of sp³-hybridized carbons (Fsp3) is 0.462. The van der Waals surface area contributed by atoms with E-state index in [0.717, 1.165) is 30.4 Å². The minimum Gasteiger partial charge on any atom is -0.339 e. The summed E-state index contributed by atoms with van der Waals surface area (Å²) in [7, 11) is 0. The normalized spacial score (nSPS) is 16.9. The molecular formula is C13H15BrClNOS. The van der Waals surface area contributed by atoms with Gasteiger partial charge in [-0.3, -0.25) is 4.79 Å². The average Bonchev–Trinajstić information content (AvgIpc) is 2.38. The summed E-state index contributed by atoms with van der Waals surface area (Å²) in [4.78, 5) is 14.3. The van der Waals surface area contributed by atoms with E-state index in [-0.39, 0.29) is 5.91 Å². The van der Waals surface area contributed by atoms with E-state index in [0.29, 0.717) is 15.8 Å². The van der Waals surface area contributed by atoms with Crippen LogP contribution in [-0.2, 0) is 0 Å². The summed E-state index contributed by atoms with van der Waals surface area (Å²) in [6.45, 7) is 1.69. The zero-order chi connectivity index (χ0) is 13.1. The van der Waals surface area contributed by atoms with E-state index in [1.807, 2.05) is 16.7 Å². The van der Waals surface area contributed by atoms with Crippen LogP contribution >= 0.6 is 39.3 Å². The van der Waals surface area contributed by atoms with Crippen molar-refractivity contribution in [2.75, 3.05) is 19.3 Å². The number of likely N-dealkylation sites (tertiary alicyclic amines) is 1. The standard InChI is InChI=1S/C13H15BrClNOS/c1-18-10-4-6-16(7-5-10)13(17)11-3-2-9(15)8-12(11)14/h2-3,8,10H,4-7H2,1H3. The highest BCUT2D eigenvalue weighted by Crippen LogP contribution is 2.26. The first kappa shape index (κ1) is 14.2. The summed E-state index contributed by atoms with van der Waals surface area (Å²) in [6.07, 6.45) is 4.30. The molecule has 0 aliphatic carbocycles. The molecular weight excluding hydrogens is 334 g/mol. The van der Waals surface area contributed by atoms with Crippen molar-refractivity contribution in [3.63, 3.8) is 0 Å². The van der Waals surface area contributed by atoms with Crippen molar-refractivity contribution in [3.05, 3.63) is 33.3 Å². The smallest absolute Gasteiger partial charge is 0.255 e. The lowest BCUT2D eigenvalue weighted by molar-refractivity contribution is 0.0726. The molecule has 0 atom stereocenters. The van der Waals surface area contributed by atoms with Crippen LogP contribution in [0.15, 0.2) is 22.7 Å². The van der Waals surface area contributed by atoms with Gasteiger partial charge < -0.3 is 4.90 Å². The maximum Gasteiger partial charge on any atom is 0.255 e. The van der Waals surface area contributed by atoms with E-state index in [4.69, 9.17) is 11.6 Å². The number of rotatable bonds is 2. The topological polar surface area (TPSA) is 20.3 Å². The van der Waals surface area contributed by atoms with E-state index in [1.54, 1.807) is 18.2 Å². The highest BCUT2D eigenvalue weighted by Gasteiger charge is 2.24. The van der Waals surface area contributed by atoms with Gasteiger partial charge in [-0.1, -0.05) is 11.6 Å². The predicted octanol–water partition coefficient (Wildman–Crippen LogP) is 4.07. The Morgan fingerprint density at radius 2 is 2.11 bits per heavy atom. The van der Waals surface area contributed by atoms with Gasteiger partial charge in [0.05, 0.1) is 5.56 Å². The molecule has 2 rings (SSSR count). The molecule has 5 heteroatoms. The Bertz CT molecular complexity index is 447. The van der Waals surface area contributed by atoms with Crippen LogP contribution in [0.5, 0.6) is 0 Å². The van der Waals surface area contributed by atoms with Crippen molar-refractivity contribution in [1.29, 1.82) is 0 Å². The minimum atomic E-state index is 0.0955. The second-order valence-electron chi connectivity index (χ2n) is 4.35. The Kier molecular flexibility index (Phi) is 4.98. The molecule has 0 radical (unpaired) electrons. The lowest BCUT2D eigenvalue weighted by atomic mass is 10.1. The summed E-state index contributed by atoms with van der Waals surface area (Å²) < 4.78 is 0.770. The number of benzene rings is 1. The van der Waals surface area contributed by atoms with Crippen LogP contribution in [0.3, 0.4) is 0 Å². The van der Waals surface area contributed by atoms with E-state index < -0.39 is 0 Å². The second kappa shape index (κ2) is 6.31. The van der Waals surface area contributed by atoms with Gasteiger partial charge in [0.1, 0.15) is 0 Å². The lowest BCUT2D eigenvalue weighted by Crippen LogP contribution is -2.39. The van der Waals surface area contributed by atoms with Crippen LogP contribution in [-0.4, -0.2) is 35.4 Å². The first-order valence-corrected chi connectivity index (χ1v) is 8.35. The molecule has 18 heavy (non-hydrogen) atoms. The third-order valence-corrected chi connectivity index (χ3v) is 5.25. The zero-order valence-electron chi connectivity index (χ0n) is 10.2. The molecule has 1 aromatic carbocycles. The van der Waals surface area contributed by atoms with Gasteiger partial charge in [-0.25, -0.2) is 0 Å². The number of piperidine rings is 1. The fourth-order valence-electron chi connectivity index (χ4n) is 2.13. The quantitative estimate of drug-likeness (QED) is 0.803. The highest BCUT2D eigenvalue weighted by molar-refractivity contribution is 9.10. The maximum absolute atomic E-state index is 12.4. The van der Waals surface area contributed by atoms with Gasteiger partial charge in [-0.05, 0) is 53.2 Å². The number of carbonyl (C=O) groups is 1. The van der Waals surface area contributed by atoms with Crippen molar-refractivity contribution in [2.45, 2.75) is 18.1 Å². The Hall–Kier alpha value is -0.190. The molecule has 0 saturated carbocycles. The number of hydrogen-bond donors (Lipinski definition) is 0. The Labute approximate surface area is 125 Å². The van der Waals surface area contributed by atoms with Crippen LogP contribution < -0.4 is 0 Å². The third kappa shape index (κ3) is 3.22. The predicted molar refractivity (Wildman–Crippen MR) is 81.6 cm³/mol. The molecule has 1 saturated heterocycles. The first-order valence-electron chi connectivity index (χ1n) is 5.89. The van der Waals surface area contributed by atoms with Crippen molar-refractivity contribution < 1.29 is 4.79 Å². The molecule has 1 aliphatic heterocycles. The van der Waals surface area contributed by atoms with Gasteiger partial charge in [0.15, 0.2) is 0 Å². The zero-order valence-corrected chi connectivity index (χ0v) is 13.3. The van der Waals surface area contributed by atoms with Crippen LogP contribution in [0.1, 0.15) is 23.2 Å². The van der Waals surface area contributed by atoms with Gasteiger partial charge in [0.25, 0.3) is 5.91 Å². The largest absolute Gasteiger partial charge is 0.339 e. The van der Waals surface area contributed by atoms with E-state index in [2.05, 4.69) is 22.2 Å². The Morgan fingerprint density at radius 3 is 2.67 bits per heavy atom. The summed E-state index contributed by atoms with van der Waals surface area (Å²) in [5.74, 6) is 0.0955. The van der Waals surface area contributed by atoms with Crippen molar-refractivity contribution in [1.82, 2.24) is 4.90 Å². The van der Waals surface area contributed by atoms with Gasteiger partial charge in [0.2, 0.25) is 0 Å². The van der Waals surface area contributed by atoms with Crippen molar-refractivity contribution in [3.8, 4) is 0 Å². The van der Waals surface area contributed by atoms with Crippen molar-refractivity contribution >= 4 is 45.2 Å². The molecule has 0 bridgehead atoms. The number of nitrogens with zero attached hydrogens (tertiary/aromatic N) is 1. The second-order valence-corrected chi connectivity index (χ2v) is 6.78. The molecule has 1 heterocycles. The molecule has 0 spiro atoms. The molecule has 98 valence electrons. The van der Waals surface area contributed by atoms with Crippen LogP contribution in [0.25, 0.3) is 0 Å².